The Morgan fingerprint density at radius 1 is 1.10 bits per heavy atom. The number of esters is 2. The smallest absolute Gasteiger partial charge is 0.330 e. The number of nitrogens with zero attached hydrogens (tertiary/aromatic N) is 3. The predicted octanol–water partition coefficient (Wildman–Crippen LogP) is 2.95. The van der Waals surface area contributed by atoms with Crippen molar-refractivity contribution in [2.75, 3.05) is 13.2 Å². The molecule has 0 amide bonds. The van der Waals surface area contributed by atoms with E-state index in [1.165, 1.54) is 6.92 Å². The molecule has 0 atom stereocenters. The molecule has 1 aromatic heterocycles. The molecule has 0 N–H and O–H groups in total. The van der Waals surface area contributed by atoms with Crippen LogP contribution in [0.5, 0.6) is 0 Å². The van der Waals surface area contributed by atoms with Crippen molar-refractivity contribution in [3.8, 4) is 0 Å². The van der Waals surface area contributed by atoms with Crippen molar-refractivity contribution in [1.82, 2.24) is 9.97 Å². The minimum absolute atomic E-state index is 0.0552. The molecule has 0 aliphatic carbocycles. The molecule has 29 heavy (non-hydrogen) atoms. The van der Waals surface area contributed by atoms with E-state index < -0.39 is 38.8 Å². The van der Waals surface area contributed by atoms with Crippen molar-refractivity contribution >= 4 is 29.2 Å². The molecule has 0 radical (unpaired) electrons. The summed E-state index contributed by atoms with van der Waals surface area (Å²) in [6.45, 7) is 4.45. The fourth-order valence-corrected chi connectivity index (χ4v) is 3.19. The van der Waals surface area contributed by atoms with Crippen LogP contribution in [0.4, 0.5) is 5.69 Å². The Labute approximate surface area is 172 Å². The van der Waals surface area contributed by atoms with Crippen LogP contribution in [0.25, 0.3) is 0 Å². The van der Waals surface area contributed by atoms with E-state index in [-0.39, 0.29) is 25.5 Å². The summed E-state index contributed by atoms with van der Waals surface area (Å²) in [7, 11) is 0. The number of aromatic nitrogens is 2. The monoisotopic (exact) mass is 421 g/mol. The maximum Gasteiger partial charge on any atom is 0.330 e. The molecule has 0 aliphatic heterocycles. The topological polar surface area (TPSA) is 122 Å². The van der Waals surface area contributed by atoms with E-state index >= 15 is 0 Å². The second kappa shape index (κ2) is 9.42. The molecule has 0 unspecified atom stereocenters. The van der Waals surface area contributed by atoms with Gasteiger partial charge in [-0.25, -0.2) is 9.97 Å². The first-order valence-electron chi connectivity index (χ1n) is 8.85. The van der Waals surface area contributed by atoms with Crippen LogP contribution in [0.3, 0.4) is 0 Å². The van der Waals surface area contributed by atoms with E-state index in [1.54, 1.807) is 44.2 Å². The van der Waals surface area contributed by atoms with E-state index in [2.05, 4.69) is 9.97 Å². The minimum atomic E-state index is -2.23. The number of aryl methyl sites for hydroxylation is 1. The van der Waals surface area contributed by atoms with E-state index in [1.807, 2.05) is 0 Å². The van der Waals surface area contributed by atoms with Gasteiger partial charge in [0.05, 0.1) is 18.1 Å². The van der Waals surface area contributed by atoms with E-state index in [4.69, 9.17) is 21.1 Å². The average Bonchev–Trinajstić information content (AvgIpc) is 2.66. The van der Waals surface area contributed by atoms with Gasteiger partial charge < -0.3 is 9.47 Å². The van der Waals surface area contributed by atoms with Gasteiger partial charge in [-0.3, -0.25) is 19.7 Å². The molecule has 154 valence electrons. The summed E-state index contributed by atoms with van der Waals surface area (Å²) < 4.78 is 10.3. The highest BCUT2D eigenvalue weighted by Crippen LogP contribution is 2.39. The Morgan fingerprint density at radius 3 is 2.14 bits per heavy atom. The van der Waals surface area contributed by atoms with Crippen LogP contribution in [0.15, 0.2) is 30.3 Å². The molecular weight excluding hydrogens is 402 g/mol. The molecule has 0 aliphatic rings. The van der Waals surface area contributed by atoms with E-state index in [0.29, 0.717) is 5.56 Å². The molecule has 0 bridgehead atoms. The van der Waals surface area contributed by atoms with Gasteiger partial charge >= 0.3 is 17.6 Å². The Bertz CT molecular complexity index is 902. The molecule has 0 fully saturated rings. The Balaban J connectivity index is 2.89. The van der Waals surface area contributed by atoms with Crippen molar-refractivity contribution in [1.29, 1.82) is 0 Å². The number of hydrogen-bond acceptors (Lipinski definition) is 8. The fourth-order valence-electron chi connectivity index (χ4n) is 2.91. The van der Waals surface area contributed by atoms with Crippen LogP contribution in [-0.2, 0) is 30.9 Å². The number of nitro groups is 1. The number of halogens is 1. The summed E-state index contributed by atoms with van der Waals surface area (Å²) >= 11 is 6.01. The molecule has 1 aromatic carbocycles. The molecule has 2 rings (SSSR count). The van der Waals surface area contributed by atoms with Gasteiger partial charge in [-0.1, -0.05) is 41.9 Å². The van der Waals surface area contributed by atoms with Crippen molar-refractivity contribution < 1.29 is 24.0 Å². The SMILES string of the molecule is CCOC(=O)C(Cc1ccccc1)(C(=O)OCC)c1nc(C)nc(Cl)c1[N+](=O)[O-]. The number of carbonyl (C=O) groups is 2. The molecule has 2 aromatic rings. The van der Waals surface area contributed by atoms with Crippen LogP contribution in [-0.4, -0.2) is 40.0 Å². The first-order valence-corrected chi connectivity index (χ1v) is 9.23. The normalized spacial score (nSPS) is 11.0. The lowest BCUT2D eigenvalue weighted by atomic mass is 9.77. The maximum atomic E-state index is 13.1. The third kappa shape index (κ3) is 4.51. The Kier molecular flexibility index (Phi) is 7.22. The lowest BCUT2D eigenvalue weighted by Gasteiger charge is -2.28. The van der Waals surface area contributed by atoms with Crippen molar-refractivity contribution in [2.45, 2.75) is 32.6 Å². The molecule has 10 heteroatoms. The highest BCUT2D eigenvalue weighted by atomic mass is 35.5. The standard InChI is InChI=1S/C19H20ClN3O6/c1-4-28-17(24)19(18(25)29-5-2,11-13-9-7-6-8-10-13)15-14(23(26)27)16(20)22-12(3)21-15/h6-10H,4-5,11H2,1-3H3. The molecule has 1 heterocycles. The van der Waals surface area contributed by atoms with Gasteiger partial charge in [-0.15, -0.1) is 0 Å². The van der Waals surface area contributed by atoms with E-state index in [9.17, 15) is 19.7 Å². The summed E-state index contributed by atoms with van der Waals surface area (Å²) in [5, 5.41) is 11.3. The lowest BCUT2D eigenvalue weighted by Crippen LogP contribution is -2.49. The van der Waals surface area contributed by atoms with Gasteiger partial charge in [0.2, 0.25) is 10.6 Å². The highest BCUT2D eigenvalue weighted by molar-refractivity contribution is 6.31. The minimum Gasteiger partial charge on any atom is -0.465 e. The fraction of sp³-hybridized carbons (Fsp3) is 0.368. The Hall–Kier alpha value is -3.07. The molecular formula is C19H20ClN3O6. The summed E-state index contributed by atoms with van der Waals surface area (Å²) in [4.78, 5) is 45.1. The zero-order valence-electron chi connectivity index (χ0n) is 16.2. The Morgan fingerprint density at radius 2 is 1.66 bits per heavy atom. The number of rotatable bonds is 8. The largest absolute Gasteiger partial charge is 0.465 e. The zero-order valence-corrected chi connectivity index (χ0v) is 16.9. The lowest BCUT2D eigenvalue weighted by molar-refractivity contribution is -0.386. The van der Waals surface area contributed by atoms with Crippen LogP contribution < -0.4 is 0 Å². The summed E-state index contributed by atoms with van der Waals surface area (Å²) in [5.74, 6) is -1.97. The number of carbonyl (C=O) groups excluding carboxylic acids is 2. The van der Waals surface area contributed by atoms with Crippen LogP contribution in [0, 0.1) is 17.0 Å². The maximum absolute atomic E-state index is 13.1. The average molecular weight is 422 g/mol. The predicted molar refractivity (Wildman–Crippen MR) is 104 cm³/mol. The summed E-state index contributed by atoms with van der Waals surface area (Å²) in [6, 6.07) is 8.53. The first kappa shape index (κ1) is 22.2. The van der Waals surface area contributed by atoms with Crippen LogP contribution in [0.1, 0.15) is 30.9 Å². The van der Waals surface area contributed by atoms with Crippen LogP contribution >= 0.6 is 11.6 Å². The van der Waals surface area contributed by atoms with Gasteiger partial charge in [0.15, 0.2) is 5.69 Å². The van der Waals surface area contributed by atoms with Gasteiger partial charge in [0, 0.05) is 6.42 Å². The number of benzene rings is 1. The summed E-state index contributed by atoms with van der Waals surface area (Å²) in [5.41, 5.74) is -2.88. The molecule has 0 saturated heterocycles. The van der Waals surface area contributed by atoms with Gasteiger partial charge in [-0.2, -0.15) is 0 Å². The van der Waals surface area contributed by atoms with Crippen LogP contribution in [0.2, 0.25) is 5.15 Å². The van der Waals surface area contributed by atoms with Gasteiger partial charge in [0.1, 0.15) is 5.82 Å². The second-order valence-electron chi connectivity index (χ2n) is 6.02. The number of hydrogen-bond donors (Lipinski definition) is 0. The summed E-state index contributed by atoms with van der Waals surface area (Å²) in [6.07, 6.45) is -0.265. The second-order valence-corrected chi connectivity index (χ2v) is 6.38. The molecule has 0 saturated carbocycles. The number of ether oxygens (including phenoxy) is 2. The first-order chi connectivity index (χ1) is 13.8. The third-order valence-electron chi connectivity index (χ3n) is 4.10. The van der Waals surface area contributed by atoms with Crippen molar-refractivity contribution in [2.24, 2.45) is 0 Å². The molecule has 9 nitrogen and oxygen atoms in total. The van der Waals surface area contributed by atoms with Gasteiger partial charge in [0.25, 0.3) is 0 Å². The third-order valence-corrected chi connectivity index (χ3v) is 4.36. The van der Waals surface area contributed by atoms with Crippen molar-refractivity contribution in [3.63, 3.8) is 0 Å². The zero-order chi connectivity index (χ0) is 21.6. The van der Waals surface area contributed by atoms with E-state index in [0.717, 1.165) is 0 Å². The highest BCUT2D eigenvalue weighted by Gasteiger charge is 2.56. The quantitative estimate of drug-likeness (QED) is 0.209. The van der Waals surface area contributed by atoms with Gasteiger partial charge in [-0.05, 0) is 26.3 Å². The van der Waals surface area contributed by atoms with Crippen molar-refractivity contribution in [3.05, 3.63) is 62.7 Å². The molecule has 0 spiro atoms.